The minimum atomic E-state index is -3.19. The van der Waals surface area contributed by atoms with E-state index < -0.39 is 9.84 Å². The van der Waals surface area contributed by atoms with Gasteiger partial charge >= 0.3 is 0 Å². The topological polar surface area (TPSA) is 52.6 Å². The zero-order valence-corrected chi connectivity index (χ0v) is 14.7. The smallest absolute Gasteiger partial charge is 0.175 e. The Hall–Kier alpha value is -1.49. The Labute approximate surface area is 133 Å². The molecule has 1 unspecified atom stereocenters. The standard InChI is InChI=1S/C17H24O4S/c1-6-12(2)20-15-11-17(3,4)21-16(15)13-7-9-14(10-8-13)22(5,18)19/h7-10,12H,6,11H2,1-5H3. The predicted octanol–water partition coefficient (Wildman–Crippen LogP) is 3.77. The Morgan fingerprint density at radius 2 is 1.86 bits per heavy atom. The van der Waals surface area contributed by atoms with E-state index in [0.717, 1.165) is 17.7 Å². The summed E-state index contributed by atoms with van der Waals surface area (Å²) in [7, 11) is -3.19. The molecule has 1 heterocycles. The van der Waals surface area contributed by atoms with Crippen LogP contribution in [-0.4, -0.2) is 26.4 Å². The largest absolute Gasteiger partial charge is 0.491 e. The van der Waals surface area contributed by atoms with Gasteiger partial charge in [-0.3, -0.25) is 0 Å². The number of benzene rings is 1. The van der Waals surface area contributed by atoms with Crippen molar-refractivity contribution in [3.63, 3.8) is 0 Å². The summed E-state index contributed by atoms with van der Waals surface area (Å²) in [6, 6.07) is 6.75. The van der Waals surface area contributed by atoms with Crippen LogP contribution in [0.5, 0.6) is 0 Å². The van der Waals surface area contributed by atoms with Crippen molar-refractivity contribution in [2.75, 3.05) is 6.26 Å². The van der Waals surface area contributed by atoms with Gasteiger partial charge in [-0.15, -0.1) is 0 Å². The van der Waals surface area contributed by atoms with Crippen molar-refractivity contribution < 1.29 is 17.9 Å². The molecule has 1 atom stereocenters. The summed E-state index contributed by atoms with van der Waals surface area (Å²) in [5.41, 5.74) is 0.532. The molecule has 0 radical (unpaired) electrons. The fraction of sp³-hybridized carbons (Fsp3) is 0.529. The molecule has 0 bridgehead atoms. The normalized spacial score (nSPS) is 19.0. The molecule has 5 heteroatoms. The molecule has 0 aromatic heterocycles. The zero-order valence-electron chi connectivity index (χ0n) is 13.8. The van der Waals surface area contributed by atoms with Crippen molar-refractivity contribution in [1.29, 1.82) is 0 Å². The zero-order chi connectivity index (χ0) is 16.5. The average Bonchev–Trinajstić information content (AvgIpc) is 2.72. The van der Waals surface area contributed by atoms with Crippen LogP contribution in [0.3, 0.4) is 0 Å². The van der Waals surface area contributed by atoms with Gasteiger partial charge in [-0.25, -0.2) is 8.42 Å². The number of hydrogen-bond acceptors (Lipinski definition) is 4. The second-order valence-electron chi connectivity index (χ2n) is 6.42. The average molecular weight is 324 g/mol. The molecule has 22 heavy (non-hydrogen) atoms. The van der Waals surface area contributed by atoms with Gasteiger partial charge in [0.1, 0.15) is 11.4 Å². The van der Waals surface area contributed by atoms with Crippen LogP contribution in [-0.2, 0) is 19.3 Å². The summed E-state index contributed by atoms with van der Waals surface area (Å²) in [5, 5.41) is 0. The maximum Gasteiger partial charge on any atom is 0.175 e. The highest BCUT2D eigenvalue weighted by Crippen LogP contribution is 2.40. The predicted molar refractivity (Wildman–Crippen MR) is 87.1 cm³/mol. The van der Waals surface area contributed by atoms with Gasteiger partial charge in [0.25, 0.3) is 0 Å². The molecule has 1 aliphatic rings. The number of ether oxygens (including phenoxy) is 2. The lowest BCUT2D eigenvalue weighted by atomic mass is 10.1. The third-order valence-electron chi connectivity index (χ3n) is 3.68. The molecule has 0 aliphatic carbocycles. The summed E-state index contributed by atoms with van der Waals surface area (Å²) in [4.78, 5) is 0.304. The molecule has 0 saturated carbocycles. The first-order valence-electron chi connectivity index (χ1n) is 7.51. The monoisotopic (exact) mass is 324 g/mol. The minimum Gasteiger partial charge on any atom is -0.491 e. The van der Waals surface area contributed by atoms with Crippen LogP contribution in [0, 0.1) is 0 Å². The fourth-order valence-electron chi connectivity index (χ4n) is 2.33. The molecular weight excluding hydrogens is 300 g/mol. The van der Waals surface area contributed by atoms with Crippen LogP contribution in [0.25, 0.3) is 5.76 Å². The van der Waals surface area contributed by atoms with E-state index in [1.807, 2.05) is 20.8 Å². The summed E-state index contributed by atoms with van der Waals surface area (Å²) in [5.74, 6) is 1.55. The summed E-state index contributed by atoms with van der Waals surface area (Å²) in [6.07, 6.45) is 2.95. The highest BCUT2D eigenvalue weighted by Gasteiger charge is 2.35. The Bertz CT molecular complexity index is 669. The molecule has 0 saturated heterocycles. The lowest BCUT2D eigenvalue weighted by Crippen LogP contribution is -2.18. The van der Waals surface area contributed by atoms with Crippen molar-refractivity contribution in [2.45, 2.75) is 57.1 Å². The summed E-state index contributed by atoms with van der Waals surface area (Å²) < 4.78 is 35.1. The van der Waals surface area contributed by atoms with E-state index in [1.165, 1.54) is 6.26 Å². The second-order valence-corrected chi connectivity index (χ2v) is 8.44. The molecule has 0 amide bonds. The molecule has 1 aromatic carbocycles. The molecule has 1 aromatic rings. The molecule has 1 aliphatic heterocycles. The van der Waals surface area contributed by atoms with Gasteiger partial charge in [0.2, 0.25) is 0 Å². The van der Waals surface area contributed by atoms with E-state index in [-0.39, 0.29) is 11.7 Å². The van der Waals surface area contributed by atoms with Crippen LogP contribution in [0.1, 0.15) is 46.1 Å². The SMILES string of the molecule is CCC(C)OC1=C(c2ccc(S(C)(=O)=O)cc2)OC(C)(C)C1. The second kappa shape index (κ2) is 5.95. The van der Waals surface area contributed by atoms with Crippen LogP contribution in [0.2, 0.25) is 0 Å². The van der Waals surface area contributed by atoms with Crippen molar-refractivity contribution in [3.05, 3.63) is 35.6 Å². The Morgan fingerprint density at radius 1 is 1.27 bits per heavy atom. The van der Waals surface area contributed by atoms with Crippen molar-refractivity contribution in [2.24, 2.45) is 0 Å². The van der Waals surface area contributed by atoms with E-state index >= 15 is 0 Å². The maximum atomic E-state index is 11.5. The highest BCUT2D eigenvalue weighted by molar-refractivity contribution is 7.90. The fourth-order valence-corrected chi connectivity index (χ4v) is 2.96. The molecule has 122 valence electrons. The molecule has 0 N–H and O–H groups in total. The Morgan fingerprint density at radius 3 is 2.36 bits per heavy atom. The van der Waals surface area contributed by atoms with Crippen LogP contribution in [0.15, 0.2) is 34.9 Å². The van der Waals surface area contributed by atoms with Crippen molar-refractivity contribution in [1.82, 2.24) is 0 Å². The first-order chi connectivity index (χ1) is 10.1. The van der Waals surface area contributed by atoms with Gasteiger partial charge in [-0.1, -0.05) is 6.92 Å². The van der Waals surface area contributed by atoms with Crippen LogP contribution >= 0.6 is 0 Å². The van der Waals surface area contributed by atoms with Gasteiger partial charge in [0.15, 0.2) is 15.6 Å². The summed E-state index contributed by atoms with van der Waals surface area (Å²) >= 11 is 0. The molecule has 0 fully saturated rings. The summed E-state index contributed by atoms with van der Waals surface area (Å²) in [6.45, 7) is 8.14. The Kier molecular flexibility index (Phi) is 4.57. The third kappa shape index (κ3) is 3.83. The van der Waals surface area contributed by atoms with Gasteiger partial charge in [0.05, 0.1) is 11.0 Å². The van der Waals surface area contributed by atoms with E-state index in [2.05, 4.69) is 6.92 Å². The first kappa shape index (κ1) is 16.9. The third-order valence-corrected chi connectivity index (χ3v) is 4.81. The molecule has 2 rings (SSSR count). The lowest BCUT2D eigenvalue weighted by Gasteiger charge is -2.19. The van der Waals surface area contributed by atoms with Crippen molar-refractivity contribution in [3.8, 4) is 0 Å². The first-order valence-corrected chi connectivity index (χ1v) is 9.41. The highest BCUT2D eigenvalue weighted by atomic mass is 32.2. The number of rotatable bonds is 5. The van der Waals surface area contributed by atoms with E-state index in [9.17, 15) is 8.42 Å². The molecule has 0 spiro atoms. The number of hydrogen-bond donors (Lipinski definition) is 0. The quantitative estimate of drug-likeness (QED) is 0.827. The molecular formula is C17H24O4S. The maximum absolute atomic E-state index is 11.5. The van der Waals surface area contributed by atoms with Gasteiger partial charge in [0, 0.05) is 18.2 Å². The molecule has 4 nitrogen and oxygen atoms in total. The Balaban J connectivity index is 2.36. The van der Waals surface area contributed by atoms with Crippen LogP contribution < -0.4 is 0 Å². The minimum absolute atomic E-state index is 0.123. The van der Waals surface area contributed by atoms with Gasteiger partial charge in [-0.05, 0) is 51.5 Å². The van der Waals surface area contributed by atoms with Crippen LogP contribution in [0.4, 0.5) is 0 Å². The van der Waals surface area contributed by atoms with E-state index in [4.69, 9.17) is 9.47 Å². The van der Waals surface area contributed by atoms with Gasteiger partial charge < -0.3 is 9.47 Å². The van der Waals surface area contributed by atoms with E-state index in [0.29, 0.717) is 17.1 Å². The number of sulfone groups is 1. The van der Waals surface area contributed by atoms with E-state index in [1.54, 1.807) is 24.3 Å². The van der Waals surface area contributed by atoms with Gasteiger partial charge in [-0.2, -0.15) is 0 Å². The van der Waals surface area contributed by atoms with Crippen molar-refractivity contribution >= 4 is 15.6 Å². The lowest BCUT2D eigenvalue weighted by molar-refractivity contribution is 0.0863.